The summed E-state index contributed by atoms with van der Waals surface area (Å²) in [7, 11) is 0. The zero-order chi connectivity index (χ0) is 21.2. The van der Waals surface area contributed by atoms with Gasteiger partial charge in [0, 0.05) is 0 Å². The minimum atomic E-state index is -0.499. The van der Waals surface area contributed by atoms with Crippen LogP contribution in [0.25, 0.3) is 0 Å². The van der Waals surface area contributed by atoms with Crippen LogP contribution in [0, 0.1) is 23.7 Å². The van der Waals surface area contributed by atoms with E-state index in [2.05, 4.69) is 27.7 Å². The van der Waals surface area contributed by atoms with Crippen LogP contribution in [0.4, 0.5) is 0 Å². The Bertz CT molecular complexity index is 505. The Kier molecular flexibility index (Phi) is 10.5. The minimum Gasteiger partial charge on any atom is -0.465 e. The zero-order valence-electron chi connectivity index (χ0n) is 19.0. The van der Waals surface area contributed by atoms with Crippen LogP contribution in [0.5, 0.6) is 0 Å². The summed E-state index contributed by atoms with van der Waals surface area (Å²) in [6.45, 7) is 9.52. The van der Waals surface area contributed by atoms with Crippen molar-refractivity contribution in [3.63, 3.8) is 0 Å². The first kappa shape index (κ1) is 24.2. The minimum absolute atomic E-state index is 0.117. The molecule has 0 spiro atoms. The Morgan fingerprint density at radius 3 is 1.93 bits per heavy atom. The highest BCUT2D eigenvalue weighted by atomic mass is 16.6. The van der Waals surface area contributed by atoms with Crippen molar-refractivity contribution < 1.29 is 23.8 Å². The van der Waals surface area contributed by atoms with E-state index in [9.17, 15) is 9.59 Å². The van der Waals surface area contributed by atoms with Gasteiger partial charge in [0.25, 0.3) is 0 Å². The molecule has 2 aliphatic rings. The summed E-state index contributed by atoms with van der Waals surface area (Å²) in [6.07, 6.45) is 10.2. The summed E-state index contributed by atoms with van der Waals surface area (Å²) < 4.78 is 17.0. The zero-order valence-corrected chi connectivity index (χ0v) is 19.0. The maximum absolute atomic E-state index is 12.9. The highest BCUT2D eigenvalue weighted by molar-refractivity contribution is 5.83. The molecule has 0 aromatic heterocycles. The molecule has 5 heteroatoms. The Balaban J connectivity index is 1.89. The molecular formula is C24H42O5. The first-order valence-electron chi connectivity index (χ1n) is 12.0. The number of hydrogen-bond acceptors (Lipinski definition) is 5. The van der Waals surface area contributed by atoms with Gasteiger partial charge in [0.1, 0.15) is 0 Å². The van der Waals surface area contributed by atoms with Gasteiger partial charge in [0.2, 0.25) is 0 Å². The number of esters is 2. The lowest BCUT2D eigenvalue weighted by Gasteiger charge is -2.27. The van der Waals surface area contributed by atoms with Gasteiger partial charge < -0.3 is 14.2 Å². The third kappa shape index (κ3) is 7.27. The largest absolute Gasteiger partial charge is 0.465 e. The molecule has 0 aromatic carbocycles. The Hall–Kier alpha value is -1.10. The lowest BCUT2D eigenvalue weighted by molar-refractivity contribution is -0.164. The van der Waals surface area contributed by atoms with E-state index in [1.54, 1.807) is 0 Å². The lowest BCUT2D eigenvalue weighted by Crippen LogP contribution is -2.40. The van der Waals surface area contributed by atoms with Gasteiger partial charge in [-0.05, 0) is 37.5 Å². The van der Waals surface area contributed by atoms with Crippen LogP contribution in [0.15, 0.2) is 0 Å². The maximum atomic E-state index is 12.9. The summed E-state index contributed by atoms with van der Waals surface area (Å²) in [5, 5.41) is 0. The first-order valence-corrected chi connectivity index (χ1v) is 12.0. The van der Waals surface area contributed by atoms with E-state index < -0.39 is 11.8 Å². The van der Waals surface area contributed by atoms with Crippen molar-refractivity contribution in [2.45, 2.75) is 104 Å². The number of hydrogen-bond donors (Lipinski definition) is 0. The molecule has 6 unspecified atom stereocenters. The average Bonchev–Trinajstić information content (AvgIpc) is 3.52. The van der Waals surface area contributed by atoms with E-state index in [0.29, 0.717) is 31.5 Å². The number of unbranched alkanes of at least 4 members (excludes halogenated alkanes) is 2. The third-order valence-electron chi connectivity index (χ3n) is 6.76. The van der Waals surface area contributed by atoms with Crippen LogP contribution < -0.4 is 0 Å². The van der Waals surface area contributed by atoms with Crippen molar-refractivity contribution in [2.75, 3.05) is 13.2 Å². The molecule has 0 aromatic rings. The number of epoxide rings is 1. The van der Waals surface area contributed by atoms with Crippen molar-refractivity contribution in [1.82, 2.24) is 0 Å². The van der Waals surface area contributed by atoms with E-state index in [-0.39, 0.29) is 24.1 Å². The molecule has 168 valence electrons. The molecule has 0 amide bonds. The monoisotopic (exact) mass is 410 g/mol. The third-order valence-corrected chi connectivity index (χ3v) is 6.76. The van der Waals surface area contributed by atoms with Crippen LogP contribution in [-0.4, -0.2) is 37.4 Å². The van der Waals surface area contributed by atoms with Crippen molar-refractivity contribution in [2.24, 2.45) is 23.7 Å². The summed E-state index contributed by atoms with van der Waals surface area (Å²) in [5.74, 6) is -0.637. The van der Waals surface area contributed by atoms with Gasteiger partial charge in [-0.15, -0.1) is 0 Å². The second-order valence-corrected chi connectivity index (χ2v) is 8.94. The Morgan fingerprint density at radius 2 is 1.41 bits per heavy atom. The van der Waals surface area contributed by atoms with Crippen molar-refractivity contribution in [3.8, 4) is 0 Å². The second-order valence-electron chi connectivity index (χ2n) is 8.94. The smallest absolute Gasteiger partial charge is 0.312 e. The van der Waals surface area contributed by atoms with Gasteiger partial charge in [0.15, 0.2) is 0 Å². The van der Waals surface area contributed by atoms with Crippen molar-refractivity contribution >= 4 is 11.9 Å². The molecule has 0 bridgehead atoms. The maximum Gasteiger partial charge on any atom is 0.312 e. The standard InChI is InChI=1S/C24H42O5/c1-5-9-11-17(7-3)15-27-23(25)19-13-14-20-22(29-20)21(19)24(26)28-16-18(8-4)12-10-6-2/h17-22H,5-16H2,1-4H3. The quantitative estimate of drug-likeness (QED) is 0.287. The predicted octanol–water partition coefficient (Wildman–Crippen LogP) is 5.30. The van der Waals surface area contributed by atoms with Crippen LogP contribution in [0.1, 0.15) is 91.9 Å². The molecule has 0 radical (unpaired) electrons. The molecule has 5 nitrogen and oxygen atoms in total. The predicted molar refractivity (Wildman–Crippen MR) is 113 cm³/mol. The number of rotatable bonds is 14. The lowest BCUT2D eigenvalue weighted by atomic mass is 9.79. The molecule has 1 heterocycles. The van der Waals surface area contributed by atoms with Crippen molar-refractivity contribution in [3.05, 3.63) is 0 Å². The van der Waals surface area contributed by atoms with Crippen LogP contribution in [-0.2, 0) is 23.8 Å². The van der Waals surface area contributed by atoms with Gasteiger partial charge in [-0.1, -0.05) is 66.2 Å². The molecule has 1 saturated heterocycles. The van der Waals surface area contributed by atoms with E-state index in [0.717, 1.165) is 57.8 Å². The van der Waals surface area contributed by atoms with Gasteiger partial charge in [0.05, 0.1) is 37.3 Å². The molecule has 1 saturated carbocycles. The fraction of sp³-hybridized carbons (Fsp3) is 0.917. The molecule has 1 aliphatic carbocycles. The van der Waals surface area contributed by atoms with Crippen LogP contribution >= 0.6 is 0 Å². The Morgan fingerprint density at radius 1 is 0.862 bits per heavy atom. The fourth-order valence-electron chi connectivity index (χ4n) is 4.42. The van der Waals surface area contributed by atoms with Gasteiger partial charge >= 0.3 is 11.9 Å². The van der Waals surface area contributed by atoms with E-state index in [4.69, 9.17) is 14.2 Å². The summed E-state index contributed by atoms with van der Waals surface area (Å²) in [5.41, 5.74) is 0. The number of fused-ring (bicyclic) bond motifs is 1. The number of carbonyl (C=O) groups excluding carboxylic acids is 2. The second kappa shape index (κ2) is 12.6. The normalized spacial score (nSPS) is 27.6. The number of carbonyl (C=O) groups is 2. The molecular weight excluding hydrogens is 368 g/mol. The molecule has 6 atom stereocenters. The van der Waals surface area contributed by atoms with E-state index >= 15 is 0 Å². The van der Waals surface area contributed by atoms with Gasteiger partial charge in [-0.3, -0.25) is 9.59 Å². The van der Waals surface area contributed by atoms with Gasteiger partial charge in [-0.25, -0.2) is 0 Å². The van der Waals surface area contributed by atoms with Crippen LogP contribution in [0.2, 0.25) is 0 Å². The molecule has 0 N–H and O–H groups in total. The highest BCUT2D eigenvalue weighted by Gasteiger charge is 2.57. The first-order chi connectivity index (χ1) is 14.0. The topological polar surface area (TPSA) is 65.1 Å². The van der Waals surface area contributed by atoms with E-state index in [1.165, 1.54) is 0 Å². The Labute approximate surface area is 177 Å². The van der Waals surface area contributed by atoms with Crippen molar-refractivity contribution in [1.29, 1.82) is 0 Å². The molecule has 1 aliphatic heterocycles. The molecule has 2 rings (SSSR count). The molecule has 2 fully saturated rings. The van der Waals surface area contributed by atoms with E-state index in [1.807, 2.05) is 0 Å². The molecule has 29 heavy (non-hydrogen) atoms. The summed E-state index contributed by atoms with van der Waals surface area (Å²) >= 11 is 0. The van der Waals surface area contributed by atoms with Gasteiger partial charge in [-0.2, -0.15) is 0 Å². The van der Waals surface area contributed by atoms with Crippen LogP contribution in [0.3, 0.4) is 0 Å². The average molecular weight is 411 g/mol. The SMILES string of the molecule is CCCCC(CC)COC(=O)C1CCC2OC2C1C(=O)OCC(CC)CCCC. The summed E-state index contributed by atoms with van der Waals surface area (Å²) in [4.78, 5) is 25.7. The highest BCUT2D eigenvalue weighted by Crippen LogP contribution is 2.45. The summed E-state index contributed by atoms with van der Waals surface area (Å²) in [6, 6.07) is 0. The number of ether oxygens (including phenoxy) is 3. The fourth-order valence-corrected chi connectivity index (χ4v) is 4.42.